The van der Waals surface area contributed by atoms with E-state index in [1.165, 1.54) is 35.0 Å². The number of nitrogens with two attached hydrogens (primary N) is 2. The SMILES string of the molecule is NC(=O)CSc1nc(N)c2c3c(sc2n1)CCCC3. The predicted octanol–water partition coefficient (Wildman–Crippen LogP) is 1.73. The molecule has 0 bridgehead atoms. The molecule has 0 saturated heterocycles. The van der Waals surface area contributed by atoms with E-state index in [2.05, 4.69) is 9.97 Å². The zero-order chi connectivity index (χ0) is 13.4. The Morgan fingerprint density at radius 2 is 2.11 bits per heavy atom. The molecule has 2 aromatic heterocycles. The first-order valence-electron chi connectivity index (χ1n) is 6.14. The van der Waals surface area contributed by atoms with Crippen LogP contribution in [0.3, 0.4) is 0 Å². The van der Waals surface area contributed by atoms with E-state index in [9.17, 15) is 4.79 Å². The van der Waals surface area contributed by atoms with E-state index in [0.29, 0.717) is 11.0 Å². The van der Waals surface area contributed by atoms with Crippen LogP contribution in [-0.4, -0.2) is 21.6 Å². The second-order valence-corrected chi connectivity index (χ2v) is 6.56. The minimum absolute atomic E-state index is 0.177. The summed E-state index contributed by atoms with van der Waals surface area (Å²) in [5.74, 6) is 0.324. The molecule has 0 saturated carbocycles. The van der Waals surface area contributed by atoms with Gasteiger partial charge in [0.2, 0.25) is 5.91 Å². The number of rotatable bonds is 3. The summed E-state index contributed by atoms with van der Waals surface area (Å²) in [4.78, 5) is 21.9. The summed E-state index contributed by atoms with van der Waals surface area (Å²) in [5, 5.41) is 1.55. The van der Waals surface area contributed by atoms with Crippen LogP contribution in [0.4, 0.5) is 5.82 Å². The highest BCUT2D eigenvalue weighted by Gasteiger charge is 2.20. The number of nitrogen functional groups attached to an aromatic ring is 1. The Balaban J connectivity index is 2.03. The molecule has 4 N–H and O–H groups in total. The molecule has 0 atom stereocenters. The summed E-state index contributed by atoms with van der Waals surface area (Å²) < 4.78 is 0. The van der Waals surface area contributed by atoms with Gasteiger partial charge in [0.1, 0.15) is 10.6 Å². The molecule has 0 unspecified atom stereocenters. The number of hydrogen-bond donors (Lipinski definition) is 2. The van der Waals surface area contributed by atoms with Crippen molar-refractivity contribution in [1.82, 2.24) is 9.97 Å². The average molecular weight is 294 g/mol. The van der Waals surface area contributed by atoms with E-state index >= 15 is 0 Å². The summed E-state index contributed by atoms with van der Waals surface area (Å²) in [7, 11) is 0. The molecule has 0 fully saturated rings. The number of aryl methyl sites for hydroxylation is 2. The minimum atomic E-state index is -0.377. The first-order chi connectivity index (χ1) is 9.15. The molecule has 5 nitrogen and oxygen atoms in total. The third kappa shape index (κ3) is 2.40. The molecule has 7 heteroatoms. The zero-order valence-corrected chi connectivity index (χ0v) is 11.9. The average Bonchev–Trinajstić information content (AvgIpc) is 2.74. The highest BCUT2D eigenvalue weighted by atomic mass is 32.2. The number of primary amides is 1. The van der Waals surface area contributed by atoms with Crippen LogP contribution in [0.25, 0.3) is 10.2 Å². The molecule has 0 aliphatic heterocycles. The monoisotopic (exact) mass is 294 g/mol. The van der Waals surface area contributed by atoms with Gasteiger partial charge in [0.05, 0.1) is 11.1 Å². The smallest absolute Gasteiger partial charge is 0.227 e. The number of thioether (sulfide) groups is 1. The van der Waals surface area contributed by atoms with E-state index in [4.69, 9.17) is 11.5 Å². The summed E-state index contributed by atoms with van der Waals surface area (Å²) in [6, 6.07) is 0. The van der Waals surface area contributed by atoms with Gasteiger partial charge in [-0.1, -0.05) is 11.8 Å². The van der Waals surface area contributed by atoms with Crippen LogP contribution < -0.4 is 11.5 Å². The number of amides is 1. The molecule has 1 aliphatic rings. The van der Waals surface area contributed by atoms with Crippen molar-refractivity contribution in [3.05, 3.63) is 10.4 Å². The Morgan fingerprint density at radius 1 is 1.32 bits per heavy atom. The lowest BCUT2D eigenvalue weighted by atomic mass is 9.97. The third-order valence-electron chi connectivity index (χ3n) is 3.17. The van der Waals surface area contributed by atoms with Gasteiger partial charge in [0.15, 0.2) is 5.16 Å². The predicted molar refractivity (Wildman–Crippen MR) is 78.4 cm³/mol. The minimum Gasteiger partial charge on any atom is -0.383 e. The van der Waals surface area contributed by atoms with Crippen LogP contribution in [0.1, 0.15) is 23.3 Å². The fourth-order valence-corrected chi connectivity index (χ4v) is 4.28. The molecule has 19 heavy (non-hydrogen) atoms. The summed E-state index contributed by atoms with van der Waals surface area (Å²) in [6.45, 7) is 0. The zero-order valence-electron chi connectivity index (χ0n) is 10.3. The van der Waals surface area contributed by atoms with Crippen LogP contribution in [0.5, 0.6) is 0 Å². The van der Waals surface area contributed by atoms with Crippen molar-refractivity contribution in [1.29, 1.82) is 0 Å². The van der Waals surface area contributed by atoms with Gasteiger partial charge in [-0.05, 0) is 31.2 Å². The lowest BCUT2D eigenvalue weighted by molar-refractivity contribution is -0.115. The molecule has 100 valence electrons. The largest absolute Gasteiger partial charge is 0.383 e. The van der Waals surface area contributed by atoms with Crippen molar-refractivity contribution in [2.45, 2.75) is 30.8 Å². The quantitative estimate of drug-likeness (QED) is 0.664. The van der Waals surface area contributed by atoms with E-state index in [1.807, 2.05) is 0 Å². The molecule has 1 aliphatic carbocycles. The van der Waals surface area contributed by atoms with E-state index < -0.39 is 0 Å². The van der Waals surface area contributed by atoms with Crippen molar-refractivity contribution < 1.29 is 4.79 Å². The lowest BCUT2D eigenvalue weighted by Gasteiger charge is -2.10. The van der Waals surface area contributed by atoms with Gasteiger partial charge in [0.25, 0.3) is 0 Å². The van der Waals surface area contributed by atoms with Crippen LogP contribution in [0.15, 0.2) is 5.16 Å². The number of aromatic nitrogens is 2. The number of fused-ring (bicyclic) bond motifs is 3. The Labute approximate surface area is 118 Å². The standard InChI is InChI=1S/C12H14N4OS2/c13-8(17)5-18-12-15-10(14)9-6-3-1-2-4-7(6)19-11(9)16-12/h1-5H2,(H2,13,17)(H2,14,15,16). The molecule has 2 aromatic rings. The second kappa shape index (κ2) is 4.97. The van der Waals surface area contributed by atoms with Crippen LogP contribution in [-0.2, 0) is 17.6 Å². The van der Waals surface area contributed by atoms with Crippen molar-refractivity contribution in [2.75, 3.05) is 11.5 Å². The van der Waals surface area contributed by atoms with Crippen LogP contribution in [0, 0.1) is 0 Å². The number of hydrogen-bond acceptors (Lipinski definition) is 6. The fraction of sp³-hybridized carbons (Fsp3) is 0.417. The first-order valence-corrected chi connectivity index (χ1v) is 7.94. The Kier molecular flexibility index (Phi) is 3.32. The Morgan fingerprint density at radius 3 is 2.89 bits per heavy atom. The second-order valence-electron chi connectivity index (χ2n) is 4.54. The van der Waals surface area contributed by atoms with Crippen LogP contribution >= 0.6 is 23.1 Å². The highest BCUT2D eigenvalue weighted by Crippen LogP contribution is 2.38. The maximum absolute atomic E-state index is 10.8. The van der Waals surface area contributed by atoms with Gasteiger partial charge in [-0.3, -0.25) is 4.79 Å². The number of anilines is 1. The van der Waals surface area contributed by atoms with Gasteiger partial charge in [-0.25, -0.2) is 9.97 Å². The lowest BCUT2D eigenvalue weighted by Crippen LogP contribution is -2.13. The van der Waals surface area contributed by atoms with E-state index in [0.717, 1.165) is 23.1 Å². The summed E-state index contributed by atoms with van der Waals surface area (Å²) in [5.41, 5.74) is 12.5. The first kappa shape index (κ1) is 12.7. The number of carbonyl (C=O) groups excluding carboxylic acids is 1. The molecule has 1 amide bonds. The molecule has 3 rings (SSSR count). The summed E-state index contributed by atoms with van der Waals surface area (Å²) in [6.07, 6.45) is 4.61. The molecule has 0 spiro atoms. The van der Waals surface area contributed by atoms with Crippen molar-refractivity contribution >= 4 is 45.0 Å². The normalized spacial score (nSPS) is 14.5. The number of thiophene rings is 1. The maximum Gasteiger partial charge on any atom is 0.227 e. The Hall–Kier alpha value is -1.34. The van der Waals surface area contributed by atoms with Gasteiger partial charge < -0.3 is 11.5 Å². The summed E-state index contributed by atoms with van der Waals surface area (Å²) >= 11 is 2.94. The highest BCUT2D eigenvalue weighted by molar-refractivity contribution is 7.99. The number of nitrogens with zero attached hydrogens (tertiary/aromatic N) is 2. The van der Waals surface area contributed by atoms with Crippen molar-refractivity contribution in [3.63, 3.8) is 0 Å². The van der Waals surface area contributed by atoms with E-state index in [1.54, 1.807) is 11.3 Å². The molecule has 0 aromatic carbocycles. The maximum atomic E-state index is 10.8. The van der Waals surface area contributed by atoms with Crippen molar-refractivity contribution in [3.8, 4) is 0 Å². The number of carbonyl (C=O) groups is 1. The molecular formula is C12H14N4OS2. The van der Waals surface area contributed by atoms with Crippen LogP contribution in [0.2, 0.25) is 0 Å². The topological polar surface area (TPSA) is 94.9 Å². The Bertz CT molecular complexity index is 653. The fourth-order valence-electron chi connectivity index (χ4n) is 2.37. The molecule has 2 heterocycles. The van der Waals surface area contributed by atoms with Crippen molar-refractivity contribution in [2.24, 2.45) is 5.73 Å². The van der Waals surface area contributed by atoms with Gasteiger partial charge in [-0.2, -0.15) is 0 Å². The van der Waals surface area contributed by atoms with Gasteiger partial charge in [0, 0.05) is 4.88 Å². The third-order valence-corrected chi connectivity index (χ3v) is 5.22. The van der Waals surface area contributed by atoms with Gasteiger partial charge >= 0.3 is 0 Å². The van der Waals surface area contributed by atoms with Gasteiger partial charge in [-0.15, -0.1) is 11.3 Å². The van der Waals surface area contributed by atoms with E-state index in [-0.39, 0.29) is 11.7 Å². The molecular weight excluding hydrogens is 280 g/mol. The molecule has 0 radical (unpaired) electrons.